The van der Waals surface area contributed by atoms with Gasteiger partial charge in [-0.3, -0.25) is 4.57 Å². The van der Waals surface area contributed by atoms with Gasteiger partial charge in [0, 0.05) is 11.7 Å². The Morgan fingerprint density at radius 2 is 1.83 bits per heavy atom. The van der Waals surface area contributed by atoms with Gasteiger partial charge in [-0.1, -0.05) is 18.2 Å². The summed E-state index contributed by atoms with van der Waals surface area (Å²) in [6.45, 7) is 0. The third-order valence-electron chi connectivity index (χ3n) is 3.60. The molecule has 3 aromatic rings. The lowest BCUT2D eigenvalue weighted by Crippen LogP contribution is -2.15. The van der Waals surface area contributed by atoms with Crippen LogP contribution in [-0.4, -0.2) is 25.6 Å². The molecule has 0 amide bonds. The molecular formula is C15H12F3N5. The fourth-order valence-electron chi connectivity index (χ4n) is 2.33. The Hall–Kier alpha value is -2.64. The summed E-state index contributed by atoms with van der Waals surface area (Å²) in [5.41, 5.74) is 1.18. The average molecular weight is 319 g/mol. The van der Waals surface area contributed by atoms with Crippen molar-refractivity contribution < 1.29 is 13.2 Å². The summed E-state index contributed by atoms with van der Waals surface area (Å²) in [5, 5.41) is 3.01. The van der Waals surface area contributed by atoms with Gasteiger partial charge in [0.25, 0.3) is 0 Å². The smallest absolute Gasteiger partial charge is 0.365 e. The molecule has 0 spiro atoms. The van der Waals surface area contributed by atoms with Crippen molar-refractivity contribution in [2.45, 2.75) is 25.1 Å². The molecule has 1 saturated carbocycles. The highest BCUT2D eigenvalue weighted by molar-refractivity contribution is 5.84. The Morgan fingerprint density at radius 1 is 1.09 bits per heavy atom. The number of anilines is 1. The molecule has 0 radical (unpaired) electrons. The minimum atomic E-state index is -4.61. The normalized spacial score (nSPS) is 15.1. The number of fused-ring (bicyclic) bond motifs is 1. The zero-order chi connectivity index (χ0) is 16.0. The van der Waals surface area contributed by atoms with Crippen LogP contribution in [-0.2, 0) is 6.18 Å². The Kier molecular flexibility index (Phi) is 3.00. The van der Waals surface area contributed by atoms with Gasteiger partial charge in [0.05, 0.1) is 0 Å². The number of imidazole rings is 1. The standard InChI is InChI=1S/C15H12F3N5/c16-15(17,18)14-21-12(20-9-6-7-9)11-13(22-14)23(8-19-11)10-4-2-1-3-5-10/h1-5,8-9H,6-7H2,(H,20,21,22). The van der Waals surface area contributed by atoms with Crippen molar-refractivity contribution in [1.29, 1.82) is 0 Å². The molecule has 5 nitrogen and oxygen atoms in total. The molecule has 2 aromatic heterocycles. The fraction of sp³-hybridized carbons (Fsp3) is 0.267. The van der Waals surface area contributed by atoms with Crippen LogP contribution in [0.1, 0.15) is 18.7 Å². The summed E-state index contributed by atoms with van der Waals surface area (Å²) >= 11 is 0. The Bertz CT molecular complexity index is 853. The van der Waals surface area contributed by atoms with E-state index in [9.17, 15) is 13.2 Å². The maximum absolute atomic E-state index is 13.1. The minimum Gasteiger partial charge on any atom is -0.365 e. The van der Waals surface area contributed by atoms with E-state index >= 15 is 0 Å². The zero-order valence-corrected chi connectivity index (χ0v) is 11.9. The lowest BCUT2D eigenvalue weighted by molar-refractivity contribution is -0.144. The van der Waals surface area contributed by atoms with Crippen LogP contribution in [0.4, 0.5) is 19.0 Å². The maximum atomic E-state index is 13.1. The molecule has 1 N–H and O–H groups in total. The molecule has 118 valence electrons. The molecule has 4 rings (SSSR count). The number of halogens is 3. The van der Waals surface area contributed by atoms with Crippen LogP contribution in [0.2, 0.25) is 0 Å². The molecule has 1 aliphatic rings. The van der Waals surface area contributed by atoms with Crippen LogP contribution in [0.3, 0.4) is 0 Å². The number of rotatable bonds is 3. The summed E-state index contributed by atoms with van der Waals surface area (Å²) in [6, 6.07) is 9.16. The summed E-state index contributed by atoms with van der Waals surface area (Å²) < 4.78 is 40.9. The number of benzene rings is 1. The highest BCUT2D eigenvalue weighted by Crippen LogP contribution is 2.32. The molecule has 23 heavy (non-hydrogen) atoms. The van der Waals surface area contributed by atoms with E-state index in [-0.39, 0.29) is 17.5 Å². The molecular weight excluding hydrogens is 307 g/mol. The molecule has 0 aliphatic heterocycles. The first-order valence-electron chi connectivity index (χ1n) is 7.16. The monoisotopic (exact) mass is 319 g/mol. The van der Waals surface area contributed by atoms with Crippen molar-refractivity contribution in [3.8, 4) is 5.69 Å². The highest BCUT2D eigenvalue weighted by Gasteiger charge is 2.37. The number of para-hydroxylation sites is 1. The third kappa shape index (κ3) is 2.60. The quantitative estimate of drug-likeness (QED) is 0.804. The summed E-state index contributed by atoms with van der Waals surface area (Å²) in [4.78, 5) is 11.5. The largest absolute Gasteiger partial charge is 0.451 e. The van der Waals surface area contributed by atoms with Crippen LogP contribution < -0.4 is 5.32 Å². The molecule has 0 saturated heterocycles. The van der Waals surface area contributed by atoms with E-state index in [1.54, 1.807) is 24.3 Å². The van der Waals surface area contributed by atoms with E-state index in [1.165, 1.54) is 10.9 Å². The first-order chi connectivity index (χ1) is 11.0. The number of alkyl halides is 3. The summed E-state index contributed by atoms with van der Waals surface area (Å²) in [5.74, 6) is -1.02. The van der Waals surface area contributed by atoms with Gasteiger partial charge in [-0.15, -0.1) is 0 Å². The molecule has 0 unspecified atom stereocenters. The van der Waals surface area contributed by atoms with Gasteiger partial charge in [0.2, 0.25) is 5.82 Å². The van der Waals surface area contributed by atoms with E-state index < -0.39 is 12.0 Å². The van der Waals surface area contributed by atoms with E-state index in [4.69, 9.17) is 0 Å². The van der Waals surface area contributed by atoms with Gasteiger partial charge in [0.1, 0.15) is 6.33 Å². The molecule has 0 bridgehead atoms. The summed E-state index contributed by atoms with van der Waals surface area (Å²) in [7, 11) is 0. The molecule has 1 aliphatic carbocycles. The predicted molar refractivity (Wildman–Crippen MR) is 78.3 cm³/mol. The topological polar surface area (TPSA) is 55.6 Å². The Labute approximate surface area is 129 Å². The van der Waals surface area contributed by atoms with Gasteiger partial charge >= 0.3 is 6.18 Å². The lowest BCUT2D eigenvalue weighted by Gasteiger charge is -2.10. The van der Waals surface area contributed by atoms with Gasteiger partial charge in [-0.25, -0.2) is 15.0 Å². The second-order valence-electron chi connectivity index (χ2n) is 5.43. The van der Waals surface area contributed by atoms with Crippen molar-refractivity contribution in [1.82, 2.24) is 19.5 Å². The van der Waals surface area contributed by atoms with Crippen molar-refractivity contribution in [3.05, 3.63) is 42.5 Å². The van der Waals surface area contributed by atoms with Crippen LogP contribution in [0.5, 0.6) is 0 Å². The van der Waals surface area contributed by atoms with E-state index in [2.05, 4.69) is 20.3 Å². The van der Waals surface area contributed by atoms with Crippen molar-refractivity contribution in [2.75, 3.05) is 5.32 Å². The number of nitrogens with zero attached hydrogens (tertiary/aromatic N) is 4. The van der Waals surface area contributed by atoms with Crippen LogP contribution in [0, 0.1) is 0 Å². The number of nitrogens with one attached hydrogen (secondary N) is 1. The number of hydrogen-bond acceptors (Lipinski definition) is 4. The highest BCUT2D eigenvalue weighted by atomic mass is 19.4. The van der Waals surface area contributed by atoms with Crippen molar-refractivity contribution in [3.63, 3.8) is 0 Å². The Balaban J connectivity index is 1.93. The first kappa shape index (κ1) is 14.0. The number of hydrogen-bond donors (Lipinski definition) is 1. The van der Waals surface area contributed by atoms with E-state index in [0.717, 1.165) is 12.8 Å². The van der Waals surface area contributed by atoms with Gasteiger partial charge in [-0.2, -0.15) is 13.2 Å². The van der Waals surface area contributed by atoms with Gasteiger partial charge in [-0.05, 0) is 25.0 Å². The molecule has 0 atom stereocenters. The van der Waals surface area contributed by atoms with E-state index in [0.29, 0.717) is 11.2 Å². The second kappa shape index (κ2) is 4.94. The average Bonchev–Trinajstić information content (AvgIpc) is 3.23. The molecule has 1 aromatic carbocycles. The molecule has 2 heterocycles. The first-order valence-corrected chi connectivity index (χ1v) is 7.16. The predicted octanol–water partition coefficient (Wildman–Crippen LogP) is 3.41. The minimum absolute atomic E-state index is 0.138. The molecule has 8 heteroatoms. The second-order valence-corrected chi connectivity index (χ2v) is 5.43. The molecule has 1 fully saturated rings. The lowest BCUT2D eigenvalue weighted by atomic mass is 10.3. The maximum Gasteiger partial charge on any atom is 0.451 e. The van der Waals surface area contributed by atoms with Gasteiger partial charge < -0.3 is 5.32 Å². The van der Waals surface area contributed by atoms with Crippen molar-refractivity contribution >= 4 is 17.0 Å². The van der Waals surface area contributed by atoms with E-state index in [1.807, 2.05) is 6.07 Å². The SMILES string of the molecule is FC(F)(F)c1nc(NC2CC2)c2ncn(-c3ccccc3)c2n1. The van der Waals surface area contributed by atoms with Crippen LogP contribution >= 0.6 is 0 Å². The van der Waals surface area contributed by atoms with Gasteiger partial charge in [0.15, 0.2) is 17.0 Å². The Morgan fingerprint density at radius 3 is 2.48 bits per heavy atom. The van der Waals surface area contributed by atoms with Crippen molar-refractivity contribution in [2.24, 2.45) is 0 Å². The van der Waals surface area contributed by atoms with Crippen LogP contribution in [0.25, 0.3) is 16.9 Å². The third-order valence-corrected chi connectivity index (χ3v) is 3.60. The fourth-order valence-corrected chi connectivity index (χ4v) is 2.33. The zero-order valence-electron chi connectivity index (χ0n) is 11.9. The van der Waals surface area contributed by atoms with Crippen LogP contribution in [0.15, 0.2) is 36.7 Å². The summed E-state index contributed by atoms with van der Waals surface area (Å²) in [6.07, 6.45) is -1.30. The number of aromatic nitrogens is 4.